The Bertz CT molecular complexity index is 559. The van der Waals surface area contributed by atoms with Crippen LogP contribution in [0.3, 0.4) is 0 Å². The van der Waals surface area contributed by atoms with Crippen molar-refractivity contribution in [2.24, 2.45) is 5.73 Å². The van der Waals surface area contributed by atoms with E-state index < -0.39 is 5.97 Å². The van der Waals surface area contributed by atoms with E-state index in [2.05, 4.69) is 5.32 Å². The number of allylic oxidation sites excluding steroid dienone is 2. The summed E-state index contributed by atoms with van der Waals surface area (Å²) in [6, 6.07) is 7.74. The quantitative estimate of drug-likeness (QED) is 0.742. The number of nitrogens with one attached hydrogen (secondary N) is 1. The van der Waals surface area contributed by atoms with Gasteiger partial charge in [0.05, 0.1) is 5.57 Å². The van der Waals surface area contributed by atoms with Crippen molar-refractivity contribution >= 4 is 5.97 Å². The van der Waals surface area contributed by atoms with Gasteiger partial charge in [-0.05, 0) is 25.0 Å². The van der Waals surface area contributed by atoms with Crippen LogP contribution >= 0.6 is 0 Å². The summed E-state index contributed by atoms with van der Waals surface area (Å²) in [6.07, 6.45) is 1.89. The van der Waals surface area contributed by atoms with Gasteiger partial charge in [0, 0.05) is 11.6 Å². The minimum absolute atomic E-state index is 0.204. The van der Waals surface area contributed by atoms with Crippen LogP contribution in [-0.4, -0.2) is 11.1 Å². The monoisotopic (exact) mass is 244 g/mol. The summed E-state index contributed by atoms with van der Waals surface area (Å²) in [4.78, 5) is 11.4. The van der Waals surface area contributed by atoms with E-state index in [0.29, 0.717) is 0 Å². The minimum Gasteiger partial charge on any atom is -0.478 e. The molecule has 0 fully saturated rings. The van der Waals surface area contributed by atoms with Crippen molar-refractivity contribution in [3.05, 3.63) is 58.6 Å². The Hall–Kier alpha value is -2.23. The summed E-state index contributed by atoms with van der Waals surface area (Å²) in [6.45, 7) is 3.84. The van der Waals surface area contributed by atoms with E-state index in [-0.39, 0.29) is 17.3 Å². The van der Waals surface area contributed by atoms with E-state index in [1.807, 2.05) is 44.2 Å². The van der Waals surface area contributed by atoms with Crippen LogP contribution in [-0.2, 0) is 4.79 Å². The van der Waals surface area contributed by atoms with Gasteiger partial charge in [0.15, 0.2) is 0 Å². The molecule has 0 aliphatic carbocycles. The van der Waals surface area contributed by atoms with E-state index in [0.717, 1.165) is 16.8 Å². The zero-order valence-corrected chi connectivity index (χ0v) is 10.4. The molecule has 4 N–H and O–H groups in total. The van der Waals surface area contributed by atoms with Crippen molar-refractivity contribution in [3.8, 4) is 0 Å². The fourth-order valence-corrected chi connectivity index (χ4v) is 2.25. The fraction of sp³-hybridized carbons (Fsp3) is 0.214. The Morgan fingerprint density at radius 1 is 1.33 bits per heavy atom. The molecule has 4 heteroatoms. The van der Waals surface area contributed by atoms with Gasteiger partial charge in [0.1, 0.15) is 5.82 Å². The lowest BCUT2D eigenvalue weighted by Crippen LogP contribution is -2.30. The number of hydrogen-bond acceptors (Lipinski definition) is 3. The number of rotatable bonds is 2. The van der Waals surface area contributed by atoms with Gasteiger partial charge in [-0.2, -0.15) is 0 Å². The van der Waals surface area contributed by atoms with E-state index in [9.17, 15) is 9.90 Å². The second kappa shape index (κ2) is 4.56. The van der Waals surface area contributed by atoms with Crippen molar-refractivity contribution in [1.29, 1.82) is 0 Å². The molecule has 2 rings (SSSR count). The number of carboxylic acids is 1. The zero-order chi connectivity index (χ0) is 13.3. The molecule has 0 saturated heterocycles. The first-order chi connectivity index (χ1) is 8.50. The first-order valence-electron chi connectivity index (χ1n) is 5.74. The van der Waals surface area contributed by atoms with Crippen LogP contribution in [0.1, 0.15) is 24.0 Å². The molecule has 0 saturated carbocycles. The van der Waals surface area contributed by atoms with Crippen LogP contribution in [0.4, 0.5) is 0 Å². The van der Waals surface area contributed by atoms with Crippen LogP contribution < -0.4 is 11.1 Å². The summed E-state index contributed by atoms with van der Waals surface area (Å²) < 4.78 is 0. The van der Waals surface area contributed by atoms with Gasteiger partial charge in [-0.15, -0.1) is 0 Å². The van der Waals surface area contributed by atoms with E-state index in [1.165, 1.54) is 0 Å². The number of dihydropyridines is 1. The smallest absolute Gasteiger partial charge is 0.336 e. The third kappa shape index (κ3) is 2.09. The van der Waals surface area contributed by atoms with E-state index in [1.54, 1.807) is 0 Å². The van der Waals surface area contributed by atoms with Gasteiger partial charge in [0.2, 0.25) is 0 Å². The second-order valence-corrected chi connectivity index (χ2v) is 4.44. The maximum atomic E-state index is 11.4. The van der Waals surface area contributed by atoms with Crippen LogP contribution in [0.5, 0.6) is 0 Å². The number of nitrogens with two attached hydrogens (primary N) is 1. The van der Waals surface area contributed by atoms with Crippen LogP contribution in [0.25, 0.3) is 0 Å². The summed E-state index contributed by atoms with van der Waals surface area (Å²) >= 11 is 0. The molecule has 0 aromatic heterocycles. The topological polar surface area (TPSA) is 75.3 Å². The Morgan fingerprint density at radius 3 is 2.61 bits per heavy atom. The predicted molar refractivity (Wildman–Crippen MR) is 69.7 cm³/mol. The number of aliphatic carboxylic acids is 1. The highest BCUT2D eigenvalue weighted by Crippen LogP contribution is 2.32. The standard InChI is InChI=1S/C14H16N2O2/c1-8-5-3-4-6-10(8)11-7-9(2)16-13(15)12(11)14(17)18/h3-7,11,16H,15H2,1-2H3,(H,17,18). The first kappa shape index (κ1) is 12.2. The fourth-order valence-electron chi connectivity index (χ4n) is 2.25. The third-order valence-electron chi connectivity index (χ3n) is 3.10. The highest BCUT2D eigenvalue weighted by Gasteiger charge is 2.28. The van der Waals surface area contributed by atoms with Gasteiger partial charge in [-0.1, -0.05) is 30.3 Å². The van der Waals surface area contributed by atoms with E-state index >= 15 is 0 Å². The molecule has 1 aromatic rings. The molecule has 0 bridgehead atoms. The van der Waals surface area contributed by atoms with Crippen molar-refractivity contribution in [2.45, 2.75) is 19.8 Å². The first-order valence-corrected chi connectivity index (χ1v) is 5.74. The summed E-state index contributed by atoms with van der Waals surface area (Å²) in [7, 11) is 0. The molecule has 1 aliphatic heterocycles. The Labute approximate surface area is 106 Å². The molecule has 0 radical (unpaired) electrons. The van der Waals surface area contributed by atoms with Gasteiger partial charge >= 0.3 is 5.97 Å². The van der Waals surface area contributed by atoms with Crippen molar-refractivity contribution < 1.29 is 9.90 Å². The highest BCUT2D eigenvalue weighted by molar-refractivity contribution is 5.90. The number of aryl methyl sites for hydroxylation is 1. The molecular weight excluding hydrogens is 228 g/mol. The normalized spacial score (nSPS) is 19.2. The summed E-state index contributed by atoms with van der Waals surface area (Å²) in [5.41, 5.74) is 8.89. The van der Waals surface area contributed by atoms with Crippen LogP contribution in [0.15, 0.2) is 47.4 Å². The molecule has 94 valence electrons. The molecule has 18 heavy (non-hydrogen) atoms. The van der Waals surface area contributed by atoms with Gasteiger partial charge in [0.25, 0.3) is 0 Å². The minimum atomic E-state index is -0.989. The molecule has 1 aliphatic rings. The summed E-state index contributed by atoms with van der Waals surface area (Å²) in [5.74, 6) is -1.07. The van der Waals surface area contributed by atoms with E-state index in [4.69, 9.17) is 5.73 Å². The zero-order valence-electron chi connectivity index (χ0n) is 10.4. The number of carboxylic acid groups (broad SMARTS) is 1. The van der Waals surface area contributed by atoms with Crippen molar-refractivity contribution in [2.75, 3.05) is 0 Å². The number of benzene rings is 1. The maximum absolute atomic E-state index is 11.4. The molecule has 1 atom stereocenters. The summed E-state index contributed by atoms with van der Waals surface area (Å²) in [5, 5.41) is 12.2. The van der Waals surface area contributed by atoms with Gasteiger partial charge in [-0.3, -0.25) is 0 Å². The van der Waals surface area contributed by atoms with Crippen LogP contribution in [0.2, 0.25) is 0 Å². The molecule has 0 amide bonds. The SMILES string of the molecule is CC1=CC(c2ccccc2C)C(C(=O)O)=C(N)N1. The Morgan fingerprint density at radius 2 is 2.00 bits per heavy atom. The average Bonchev–Trinajstić information content (AvgIpc) is 2.27. The highest BCUT2D eigenvalue weighted by atomic mass is 16.4. The lowest BCUT2D eigenvalue weighted by Gasteiger charge is -2.25. The third-order valence-corrected chi connectivity index (χ3v) is 3.10. The van der Waals surface area contributed by atoms with Crippen molar-refractivity contribution in [1.82, 2.24) is 5.32 Å². The molecule has 1 unspecified atom stereocenters. The molecule has 0 spiro atoms. The lowest BCUT2D eigenvalue weighted by atomic mass is 9.86. The van der Waals surface area contributed by atoms with Crippen LogP contribution in [0, 0.1) is 6.92 Å². The molecule has 1 aromatic carbocycles. The molecule has 1 heterocycles. The second-order valence-electron chi connectivity index (χ2n) is 4.44. The predicted octanol–water partition coefficient (Wildman–Crippen LogP) is 1.84. The van der Waals surface area contributed by atoms with Crippen molar-refractivity contribution in [3.63, 3.8) is 0 Å². The molecule has 4 nitrogen and oxygen atoms in total. The lowest BCUT2D eigenvalue weighted by molar-refractivity contribution is -0.133. The number of carbonyl (C=O) groups is 1. The van der Waals surface area contributed by atoms with Gasteiger partial charge < -0.3 is 16.2 Å². The maximum Gasteiger partial charge on any atom is 0.336 e. The molecular formula is C14H16N2O2. The Kier molecular flexibility index (Phi) is 3.10. The largest absolute Gasteiger partial charge is 0.478 e. The Balaban J connectivity index is 2.56. The average molecular weight is 244 g/mol. The number of hydrogen-bond donors (Lipinski definition) is 3. The van der Waals surface area contributed by atoms with Gasteiger partial charge in [-0.25, -0.2) is 4.79 Å².